The normalized spacial score (nSPS) is 20.8. The first kappa shape index (κ1) is 14.5. The number of nitrogens with one attached hydrogen (secondary N) is 1. The van der Waals surface area contributed by atoms with Crippen LogP contribution in [0.5, 0.6) is 0 Å². The van der Waals surface area contributed by atoms with Gasteiger partial charge >= 0.3 is 0 Å². The average Bonchev–Trinajstić information content (AvgIpc) is 2.46. The summed E-state index contributed by atoms with van der Waals surface area (Å²) in [5, 5.41) is 0.354. The zero-order valence-corrected chi connectivity index (χ0v) is 12.1. The molecule has 2 rings (SSSR count). The fourth-order valence-corrected chi connectivity index (χ4v) is 2.18. The monoisotopic (exact) mass is 293 g/mol. The molecule has 3 N–H and O–H groups in total. The molecule has 1 aliphatic rings. The van der Waals surface area contributed by atoms with E-state index in [9.17, 15) is 4.79 Å². The standard InChI is InChI=1S/C13H16ClN5O/c1-13(4-3-5-16-8-13)12(20)19(2)9-6-10(14)11(18-15)17-7-9/h3-7H,8,15H2,1-2H3,(H,17,18). The molecule has 1 unspecified atom stereocenters. The molecule has 1 amide bonds. The highest BCUT2D eigenvalue weighted by atomic mass is 35.5. The van der Waals surface area contributed by atoms with Crippen molar-refractivity contribution in [3.63, 3.8) is 0 Å². The molecule has 1 aliphatic heterocycles. The fraction of sp³-hybridized carbons (Fsp3) is 0.308. The number of allylic oxidation sites excluding steroid dienone is 1. The summed E-state index contributed by atoms with van der Waals surface area (Å²) in [5.41, 5.74) is 2.33. The van der Waals surface area contributed by atoms with Crippen molar-refractivity contribution in [2.45, 2.75) is 6.92 Å². The summed E-state index contributed by atoms with van der Waals surface area (Å²) in [7, 11) is 1.68. The number of nitrogens with zero attached hydrogens (tertiary/aromatic N) is 3. The lowest BCUT2D eigenvalue weighted by atomic mass is 9.87. The van der Waals surface area contributed by atoms with Gasteiger partial charge in [0.15, 0.2) is 5.82 Å². The molecule has 106 valence electrons. The van der Waals surface area contributed by atoms with Gasteiger partial charge in [-0.25, -0.2) is 10.8 Å². The molecule has 0 radical (unpaired) electrons. The minimum atomic E-state index is -0.652. The van der Waals surface area contributed by atoms with Crippen molar-refractivity contribution in [2.75, 3.05) is 23.9 Å². The van der Waals surface area contributed by atoms with E-state index in [1.807, 2.05) is 13.0 Å². The van der Waals surface area contributed by atoms with E-state index in [2.05, 4.69) is 15.4 Å². The lowest BCUT2D eigenvalue weighted by Gasteiger charge is -2.30. The van der Waals surface area contributed by atoms with E-state index in [-0.39, 0.29) is 5.91 Å². The maximum atomic E-state index is 12.6. The third-order valence-corrected chi connectivity index (χ3v) is 3.51. The van der Waals surface area contributed by atoms with E-state index < -0.39 is 5.41 Å². The molecule has 0 saturated carbocycles. The van der Waals surface area contributed by atoms with E-state index >= 15 is 0 Å². The SMILES string of the molecule is CN(C(=O)C1(C)C=CC=NC1)c1cnc(NN)c(Cl)c1. The van der Waals surface area contributed by atoms with Crippen molar-refractivity contribution in [3.8, 4) is 0 Å². The van der Waals surface area contributed by atoms with Crippen molar-refractivity contribution in [1.29, 1.82) is 0 Å². The molecule has 1 atom stereocenters. The molecule has 7 heteroatoms. The Morgan fingerprint density at radius 1 is 1.60 bits per heavy atom. The number of aromatic nitrogens is 1. The van der Waals surface area contributed by atoms with Gasteiger partial charge in [-0.2, -0.15) is 0 Å². The Morgan fingerprint density at radius 3 is 2.90 bits per heavy atom. The number of hydrazine groups is 1. The molecule has 2 heterocycles. The Bertz CT molecular complexity index is 586. The van der Waals surface area contributed by atoms with Crippen LogP contribution in [0.3, 0.4) is 0 Å². The van der Waals surface area contributed by atoms with Gasteiger partial charge in [0.25, 0.3) is 0 Å². The summed E-state index contributed by atoms with van der Waals surface area (Å²) in [5.74, 6) is 5.57. The van der Waals surface area contributed by atoms with Crippen molar-refractivity contribution in [2.24, 2.45) is 16.3 Å². The van der Waals surface area contributed by atoms with Crippen molar-refractivity contribution in [3.05, 3.63) is 29.4 Å². The van der Waals surface area contributed by atoms with E-state index in [4.69, 9.17) is 17.4 Å². The number of nitrogen functional groups attached to an aromatic ring is 1. The molecular weight excluding hydrogens is 278 g/mol. The number of hydrogen-bond acceptors (Lipinski definition) is 5. The van der Waals surface area contributed by atoms with E-state index in [0.717, 1.165) is 0 Å². The molecule has 0 aliphatic carbocycles. The molecule has 20 heavy (non-hydrogen) atoms. The summed E-state index contributed by atoms with van der Waals surface area (Å²) < 4.78 is 0. The zero-order valence-electron chi connectivity index (χ0n) is 11.3. The Hall–Kier alpha value is -1.92. The summed E-state index contributed by atoms with van der Waals surface area (Å²) in [4.78, 5) is 22.3. The van der Waals surface area contributed by atoms with Crippen LogP contribution in [-0.2, 0) is 4.79 Å². The number of dihydropyridines is 1. The molecular formula is C13H16ClN5O. The van der Waals surface area contributed by atoms with Crippen molar-refractivity contribution >= 4 is 35.2 Å². The summed E-state index contributed by atoms with van der Waals surface area (Å²) in [6.07, 6.45) is 6.86. The van der Waals surface area contributed by atoms with Gasteiger partial charge in [0.1, 0.15) is 0 Å². The van der Waals surface area contributed by atoms with Gasteiger partial charge in [0, 0.05) is 13.3 Å². The highest BCUT2D eigenvalue weighted by molar-refractivity contribution is 6.33. The fourth-order valence-electron chi connectivity index (χ4n) is 1.97. The van der Waals surface area contributed by atoms with Crippen LogP contribution in [0.1, 0.15) is 6.92 Å². The molecule has 0 spiro atoms. The van der Waals surface area contributed by atoms with Gasteiger partial charge in [0.2, 0.25) is 5.91 Å². The minimum absolute atomic E-state index is 0.0723. The Kier molecular flexibility index (Phi) is 4.06. The van der Waals surface area contributed by atoms with Gasteiger partial charge in [-0.3, -0.25) is 9.79 Å². The van der Waals surface area contributed by atoms with Crippen LogP contribution >= 0.6 is 11.6 Å². The van der Waals surface area contributed by atoms with Crippen LogP contribution in [0.15, 0.2) is 29.4 Å². The third kappa shape index (κ3) is 2.66. The molecule has 0 aromatic carbocycles. The van der Waals surface area contributed by atoms with Crippen LogP contribution in [0.25, 0.3) is 0 Å². The lowest BCUT2D eigenvalue weighted by Crippen LogP contribution is -2.42. The maximum Gasteiger partial charge on any atom is 0.238 e. The van der Waals surface area contributed by atoms with E-state index in [1.54, 1.807) is 25.4 Å². The van der Waals surface area contributed by atoms with E-state index in [0.29, 0.717) is 23.1 Å². The first-order valence-electron chi connectivity index (χ1n) is 6.06. The molecule has 6 nitrogen and oxygen atoms in total. The van der Waals surface area contributed by atoms with Crippen LogP contribution in [-0.4, -0.2) is 30.7 Å². The van der Waals surface area contributed by atoms with Gasteiger partial charge in [0.05, 0.1) is 28.9 Å². The third-order valence-electron chi connectivity index (χ3n) is 3.22. The summed E-state index contributed by atoms with van der Waals surface area (Å²) in [6, 6.07) is 1.64. The predicted octanol–water partition coefficient (Wildman–Crippen LogP) is 1.63. The first-order chi connectivity index (χ1) is 9.48. The van der Waals surface area contributed by atoms with Gasteiger partial charge in [-0.05, 0) is 19.1 Å². The van der Waals surface area contributed by atoms with Crippen LogP contribution in [0, 0.1) is 5.41 Å². The van der Waals surface area contributed by atoms with Crippen LogP contribution < -0.4 is 16.2 Å². The van der Waals surface area contributed by atoms with Crippen molar-refractivity contribution in [1.82, 2.24) is 4.98 Å². The lowest BCUT2D eigenvalue weighted by molar-refractivity contribution is -0.124. The molecule has 0 saturated heterocycles. The molecule has 0 bridgehead atoms. The second kappa shape index (κ2) is 5.60. The number of carbonyl (C=O) groups is 1. The largest absolute Gasteiger partial charge is 0.313 e. The quantitative estimate of drug-likeness (QED) is 0.655. The number of aliphatic imine (C=N–C) groups is 1. The molecule has 0 fully saturated rings. The number of nitrogens with two attached hydrogens (primary N) is 1. The maximum absolute atomic E-state index is 12.6. The first-order valence-corrected chi connectivity index (χ1v) is 6.44. The zero-order chi connectivity index (χ0) is 14.8. The number of carbonyl (C=O) groups excluding carboxylic acids is 1. The average molecular weight is 294 g/mol. The van der Waals surface area contributed by atoms with Gasteiger partial charge in [-0.15, -0.1) is 0 Å². The number of halogens is 1. The highest BCUT2D eigenvalue weighted by Gasteiger charge is 2.34. The van der Waals surface area contributed by atoms with Crippen LogP contribution in [0.4, 0.5) is 11.5 Å². The van der Waals surface area contributed by atoms with Crippen LogP contribution in [0.2, 0.25) is 5.02 Å². The van der Waals surface area contributed by atoms with Gasteiger partial charge in [-0.1, -0.05) is 17.7 Å². The number of anilines is 2. The Labute approximate surface area is 122 Å². The Morgan fingerprint density at radius 2 is 2.35 bits per heavy atom. The topological polar surface area (TPSA) is 83.6 Å². The number of hydrogen-bond donors (Lipinski definition) is 2. The summed E-state index contributed by atoms with van der Waals surface area (Å²) in [6.45, 7) is 2.28. The summed E-state index contributed by atoms with van der Waals surface area (Å²) >= 11 is 6.02. The van der Waals surface area contributed by atoms with E-state index in [1.165, 1.54) is 11.1 Å². The molecule has 1 aromatic rings. The second-order valence-electron chi connectivity index (χ2n) is 4.80. The number of rotatable bonds is 3. The Balaban J connectivity index is 2.25. The number of amides is 1. The number of pyridine rings is 1. The minimum Gasteiger partial charge on any atom is -0.313 e. The smallest absolute Gasteiger partial charge is 0.238 e. The molecule has 1 aromatic heterocycles. The van der Waals surface area contributed by atoms with Crippen molar-refractivity contribution < 1.29 is 4.79 Å². The second-order valence-corrected chi connectivity index (χ2v) is 5.21. The predicted molar refractivity (Wildman–Crippen MR) is 81.1 cm³/mol. The highest BCUT2D eigenvalue weighted by Crippen LogP contribution is 2.29. The van der Waals surface area contributed by atoms with Gasteiger partial charge < -0.3 is 10.3 Å².